The van der Waals surface area contributed by atoms with Gasteiger partial charge in [-0.05, 0) is 53.6 Å². The van der Waals surface area contributed by atoms with Crippen LogP contribution in [0.4, 0.5) is 32.0 Å². The fourth-order valence-electron chi connectivity index (χ4n) is 3.07. The van der Waals surface area contributed by atoms with Gasteiger partial charge in [-0.1, -0.05) is 36.4 Å². The number of benzene rings is 3. The Kier molecular flexibility index (Phi) is 8.39. The van der Waals surface area contributed by atoms with Gasteiger partial charge in [0, 0.05) is 18.3 Å². The Morgan fingerprint density at radius 2 is 1.46 bits per heavy atom. The summed E-state index contributed by atoms with van der Waals surface area (Å²) in [5.74, 6) is 0.338. The number of rotatable bonds is 11. The van der Waals surface area contributed by atoms with Crippen molar-refractivity contribution in [2.75, 3.05) is 11.4 Å². The van der Waals surface area contributed by atoms with Gasteiger partial charge in [-0.25, -0.2) is 0 Å². The smallest absolute Gasteiger partial charge is 0.457 e. The van der Waals surface area contributed by atoms with Gasteiger partial charge < -0.3 is 19.5 Å². The molecule has 1 unspecified atom stereocenters. The monoisotopic (exact) mass is 519 g/mol. The zero-order valence-corrected chi connectivity index (χ0v) is 18.7. The van der Waals surface area contributed by atoms with E-state index in [-0.39, 0.29) is 12.1 Å². The van der Waals surface area contributed by atoms with Crippen LogP contribution in [0, 0.1) is 0 Å². The molecule has 35 heavy (non-hydrogen) atoms. The van der Waals surface area contributed by atoms with Crippen LogP contribution in [0.15, 0.2) is 78.9 Å². The SMILES string of the molecule is OC(CN(Cc1cccc(OC(F)(F)C(F)F)c1)c1cccc(Oc2ccccc2)c1)C(F)(F)Cl. The number of aliphatic hydroxyl groups is 1. The van der Waals surface area contributed by atoms with Crippen LogP contribution < -0.4 is 14.4 Å². The number of hydrogen-bond acceptors (Lipinski definition) is 4. The summed E-state index contributed by atoms with van der Waals surface area (Å²) in [7, 11) is 0. The third-order valence-electron chi connectivity index (χ3n) is 4.71. The second-order valence-electron chi connectivity index (χ2n) is 7.46. The van der Waals surface area contributed by atoms with Crippen molar-refractivity contribution >= 4 is 17.3 Å². The summed E-state index contributed by atoms with van der Waals surface area (Å²) in [5, 5.41) is 5.96. The Morgan fingerprint density at radius 3 is 2.11 bits per heavy atom. The molecule has 1 atom stereocenters. The first-order chi connectivity index (χ1) is 16.4. The van der Waals surface area contributed by atoms with Crippen molar-refractivity contribution in [1.82, 2.24) is 0 Å². The maximum atomic E-state index is 13.5. The van der Waals surface area contributed by atoms with Gasteiger partial charge in [-0.3, -0.25) is 0 Å². The molecule has 0 spiro atoms. The van der Waals surface area contributed by atoms with Gasteiger partial charge in [0.1, 0.15) is 23.4 Å². The van der Waals surface area contributed by atoms with Crippen molar-refractivity contribution in [3.8, 4) is 17.2 Å². The largest absolute Gasteiger partial charge is 0.461 e. The molecule has 11 heteroatoms. The van der Waals surface area contributed by atoms with Gasteiger partial charge in [0.05, 0.1) is 6.54 Å². The summed E-state index contributed by atoms with van der Waals surface area (Å²) < 4.78 is 88.4. The van der Waals surface area contributed by atoms with Crippen molar-refractivity contribution in [2.45, 2.75) is 30.6 Å². The fraction of sp³-hybridized carbons (Fsp3) is 0.250. The maximum Gasteiger partial charge on any atom is 0.461 e. The van der Waals surface area contributed by atoms with E-state index in [0.29, 0.717) is 17.2 Å². The quantitative estimate of drug-likeness (QED) is 0.221. The van der Waals surface area contributed by atoms with E-state index in [1.165, 1.54) is 23.1 Å². The molecule has 0 fully saturated rings. The van der Waals surface area contributed by atoms with Gasteiger partial charge in [0.2, 0.25) is 0 Å². The molecule has 0 heterocycles. The van der Waals surface area contributed by atoms with Crippen LogP contribution in [0.25, 0.3) is 0 Å². The Morgan fingerprint density at radius 1 is 0.829 bits per heavy atom. The molecule has 0 aliphatic heterocycles. The minimum absolute atomic E-state index is 0.184. The average molecular weight is 520 g/mol. The number of para-hydroxylation sites is 1. The molecule has 188 valence electrons. The summed E-state index contributed by atoms with van der Waals surface area (Å²) >= 11 is 4.98. The molecule has 1 N–H and O–H groups in total. The lowest BCUT2D eigenvalue weighted by Crippen LogP contribution is -2.40. The zero-order chi connectivity index (χ0) is 25.6. The van der Waals surface area contributed by atoms with Gasteiger partial charge in [0.15, 0.2) is 0 Å². The molecule has 3 aromatic carbocycles. The molecule has 4 nitrogen and oxygen atoms in total. The number of hydrogen-bond donors (Lipinski definition) is 1. The fourth-order valence-corrected chi connectivity index (χ4v) is 3.14. The van der Waals surface area contributed by atoms with Gasteiger partial charge in [0.25, 0.3) is 0 Å². The van der Waals surface area contributed by atoms with Gasteiger partial charge in [-0.15, -0.1) is 0 Å². The summed E-state index contributed by atoms with van der Waals surface area (Å²) in [6, 6.07) is 19.9. The second-order valence-corrected chi connectivity index (χ2v) is 7.97. The van der Waals surface area contributed by atoms with E-state index in [4.69, 9.17) is 16.3 Å². The topological polar surface area (TPSA) is 41.9 Å². The minimum atomic E-state index is -4.71. The van der Waals surface area contributed by atoms with Gasteiger partial charge in [-0.2, -0.15) is 26.3 Å². The molecule has 0 bridgehead atoms. The van der Waals surface area contributed by atoms with Crippen LogP contribution in [-0.4, -0.2) is 35.7 Å². The number of halogens is 7. The third-order valence-corrected chi connectivity index (χ3v) is 4.96. The van der Waals surface area contributed by atoms with E-state index < -0.39 is 36.3 Å². The van der Waals surface area contributed by atoms with E-state index in [2.05, 4.69) is 4.74 Å². The molecule has 0 saturated heterocycles. The van der Waals surface area contributed by atoms with E-state index >= 15 is 0 Å². The number of aliphatic hydroxyl groups excluding tert-OH is 1. The Hall–Kier alpha value is -3.11. The van der Waals surface area contributed by atoms with Crippen molar-refractivity contribution in [3.05, 3.63) is 84.4 Å². The average Bonchev–Trinajstić information content (AvgIpc) is 2.79. The molecule has 0 saturated carbocycles. The lowest BCUT2D eigenvalue weighted by molar-refractivity contribution is -0.253. The molecular formula is C24H20ClF6NO3. The molecule has 3 rings (SSSR count). The molecular weight excluding hydrogens is 500 g/mol. The van der Waals surface area contributed by atoms with Crippen LogP contribution in [0.3, 0.4) is 0 Å². The summed E-state index contributed by atoms with van der Waals surface area (Å²) in [5.41, 5.74) is 0.592. The minimum Gasteiger partial charge on any atom is -0.457 e. The highest BCUT2D eigenvalue weighted by atomic mass is 35.5. The summed E-state index contributed by atoms with van der Waals surface area (Å²) in [6.45, 7) is -0.833. The Bertz CT molecular complexity index is 1100. The van der Waals surface area contributed by atoms with Crippen molar-refractivity contribution < 1.29 is 40.9 Å². The normalized spacial score (nSPS) is 12.9. The van der Waals surface area contributed by atoms with Crippen LogP contribution in [0.5, 0.6) is 17.2 Å². The molecule has 0 aliphatic carbocycles. The van der Waals surface area contributed by atoms with Crippen LogP contribution >= 0.6 is 11.6 Å². The van der Waals surface area contributed by atoms with Crippen LogP contribution in [-0.2, 0) is 6.54 Å². The first-order valence-corrected chi connectivity index (χ1v) is 10.6. The molecule has 0 aliphatic rings. The van der Waals surface area contributed by atoms with Crippen LogP contribution in [0.2, 0.25) is 0 Å². The van der Waals surface area contributed by atoms with Crippen molar-refractivity contribution in [2.24, 2.45) is 0 Å². The number of anilines is 1. The lowest BCUT2D eigenvalue weighted by atomic mass is 10.1. The highest BCUT2D eigenvalue weighted by Gasteiger charge is 2.44. The molecule has 0 aromatic heterocycles. The highest BCUT2D eigenvalue weighted by molar-refractivity contribution is 6.22. The molecule has 0 radical (unpaired) electrons. The van der Waals surface area contributed by atoms with E-state index in [0.717, 1.165) is 12.1 Å². The second kappa shape index (κ2) is 11.1. The Labute approximate surface area is 202 Å². The number of alkyl halides is 7. The van der Waals surface area contributed by atoms with E-state index in [9.17, 15) is 31.4 Å². The standard InChI is InChI=1S/C24H20ClF6NO3/c25-23(28,29)21(33)15-32(14-16-6-4-11-20(12-16)35-24(30,31)22(26)27)17-7-5-10-19(13-17)34-18-8-2-1-3-9-18/h1-13,21-22,33H,14-15H2. The summed E-state index contributed by atoms with van der Waals surface area (Å²) in [6.07, 6.45) is -11.0. The van der Waals surface area contributed by atoms with E-state index in [1.807, 2.05) is 0 Å². The van der Waals surface area contributed by atoms with Crippen molar-refractivity contribution in [1.29, 1.82) is 0 Å². The lowest BCUT2D eigenvalue weighted by Gasteiger charge is -2.29. The zero-order valence-electron chi connectivity index (χ0n) is 17.9. The molecule has 3 aromatic rings. The highest BCUT2D eigenvalue weighted by Crippen LogP contribution is 2.32. The maximum absolute atomic E-state index is 13.5. The Balaban J connectivity index is 1.87. The third kappa shape index (κ3) is 7.69. The van der Waals surface area contributed by atoms with Crippen LogP contribution in [0.1, 0.15) is 5.56 Å². The van der Waals surface area contributed by atoms with E-state index in [1.54, 1.807) is 48.5 Å². The van der Waals surface area contributed by atoms with Crippen molar-refractivity contribution in [3.63, 3.8) is 0 Å². The summed E-state index contributed by atoms with van der Waals surface area (Å²) in [4.78, 5) is 1.31. The first-order valence-electron chi connectivity index (χ1n) is 10.2. The first kappa shape index (κ1) is 26.5. The molecule has 0 amide bonds. The predicted molar refractivity (Wildman–Crippen MR) is 119 cm³/mol. The predicted octanol–water partition coefficient (Wildman–Crippen LogP) is 6.91. The number of ether oxygens (including phenoxy) is 2. The number of nitrogens with zero attached hydrogens (tertiary/aromatic N) is 1. The van der Waals surface area contributed by atoms with Gasteiger partial charge >= 0.3 is 17.9 Å².